The molecule has 170 valence electrons. The summed E-state index contributed by atoms with van der Waals surface area (Å²) in [5, 5.41) is 41.5. The second-order valence-corrected chi connectivity index (χ2v) is 9.17. The summed E-state index contributed by atoms with van der Waals surface area (Å²) in [5.74, 6) is 0.752. The summed E-state index contributed by atoms with van der Waals surface area (Å²) < 4.78 is 11.4. The first-order valence-electron chi connectivity index (χ1n) is 10.2. The Labute approximate surface area is 194 Å². The van der Waals surface area contributed by atoms with Gasteiger partial charge < -0.3 is 29.6 Å². The number of hydrogen-bond acceptors (Lipinski definition) is 8. The number of benzene rings is 1. The fourth-order valence-corrected chi connectivity index (χ4v) is 4.89. The molecule has 1 aliphatic rings. The molecule has 4 N–H and O–H groups in total. The largest absolute Gasteiger partial charge is 0.516 e. The van der Waals surface area contributed by atoms with Crippen molar-refractivity contribution in [3.63, 3.8) is 0 Å². The maximum atomic E-state index is 10.6. The quantitative estimate of drug-likeness (QED) is 0.380. The van der Waals surface area contributed by atoms with Crippen molar-refractivity contribution in [1.29, 1.82) is 0 Å². The topological polar surface area (TPSA) is 116 Å². The van der Waals surface area contributed by atoms with Gasteiger partial charge in [0.15, 0.2) is 0 Å². The Balaban J connectivity index is 1.54. The smallest absolute Gasteiger partial charge is 0.145 e. The molecule has 0 radical (unpaired) electrons. The fraction of sp³-hybridized carbons (Fsp3) is 0.348. The van der Waals surface area contributed by atoms with E-state index in [0.29, 0.717) is 29.8 Å². The number of nitrogens with zero attached hydrogens (tertiary/aromatic N) is 1. The van der Waals surface area contributed by atoms with Gasteiger partial charge in [0.25, 0.3) is 0 Å². The van der Waals surface area contributed by atoms with Crippen LogP contribution in [0.2, 0.25) is 5.02 Å². The van der Waals surface area contributed by atoms with Crippen molar-refractivity contribution in [2.45, 2.75) is 49.8 Å². The number of allylic oxidation sites excluding steroid dienone is 1. The van der Waals surface area contributed by atoms with Gasteiger partial charge in [0.1, 0.15) is 30.2 Å². The lowest BCUT2D eigenvalue weighted by Gasteiger charge is -2.41. The Morgan fingerprint density at radius 3 is 2.72 bits per heavy atom. The molecule has 0 saturated carbocycles. The zero-order chi connectivity index (χ0) is 22.7. The van der Waals surface area contributed by atoms with Gasteiger partial charge in [0, 0.05) is 17.6 Å². The lowest BCUT2D eigenvalue weighted by atomic mass is 9.89. The predicted molar refractivity (Wildman–Crippen MR) is 121 cm³/mol. The molecule has 0 aliphatic carbocycles. The molecule has 0 amide bonds. The number of thiazole rings is 1. The molecule has 2 aromatic heterocycles. The Bertz CT molecular complexity index is 1050. The zero-order valence-corrected chi connectivity index (χ0v) is 18.6. The highest BCUT2D eigenvalue weighted by Gasteiger charge is 2.43. The van der Waals surface area contributed by atoms with Crippen LogP contribution in [0.4, 0.5) is 0 Å². The van der Waals surface area contributed by atoms with Gasteiger partial charge in [-0.15, -0.1) is 11.3 Å². The van der Waals surface area contributed by atoms with E-state index in [1.807, 2.05) is 18.2 Å². The maximum absolute atomic E-state index is 10.6. The molecule has 32 heavy (non-hydrogen) atoms. The third-order valence-corrected chi connectivity index (χ3v) is 6.87. The Kier molecular flexibility index (Phi) is 7.30. The Morgan fingerprint density at radius 2 is 1.97 bits per heavy atom. The number of halogens is 1. The summed E-state index contributed by atoms with van der Waals surface area (Å²) in [5.41, 5.74) is 1.45. The van der Waals surface area contributed by atoms with E-state index in [0.717, 1.165) is 27.5 Å². The second-order valence-electron chi connectivity index (χ2n) is 7.65. The van der Waals surface area contributed by atoms with E-state index in [9.17, 15) is 15.3 Å². The number of aromatic nitrogens is 1. The highest BCUT2D eigenvalue weighted by molar-refractivity contribution is 7.15. The highest BCUT2D eigenvalue weighted by atomic mass is 35.5. The lowest BCUT2D eigenvalue weighted by molar-refractivity contribution is -0.225. The van der Waals surface area contributed by atoms with E-state index in [2.05, 4.69) is 4.98 Å². The molecule has 0 bridgehead atoms. The van der Waals surface area contributed by atoms with Crippen molar-refractivity contribution in [2.75, 3.05) is 0 Å². The molecule has 0 unspecified atom stereocenters. The van der Waals surface area contributed by atoms with E-state index in [4.69, 9.17) is 25.9 Å². The Morgan fingerprint density at radius 1 is 1.12 bits per heavy atom. The molecule has 1 aromatic carbocycles. The highest BCUT2D eigenvalue weighted by Crippen LogP contribution is 2.36. The van der Waals surface area contributed by atoms with E-state index in [1.54, 1.807) is 24.6 Å². The van der Waals surface area contributed by atoms with Gasteiger partial charge in [-0.25, -0.2) is 4.98 Å². The number of hydrogen-bond donors (Lipinski definition) is 4. The molecular weight excluding hydrogens is 454 g/mol. The molecule has 1 fully saturated rings. The molecule has 3 aromatic rings. The number of aliphatic hydroxyl groups is 4. The molecule has 5 atom stereocenters. The fourth-order valence-electron chi connectivity index (χ4n) is 3.79. The monoisotopic (exact) mass is 477 g/mol. The van der Waals surface area contributed by atoms with Crippen LogP contribution < -0.4 is 0 Å². The van der Waals surface area contributed by atoms with Crippen LogP contribution in [-0.4, -0.2) is 49.8 Å². The number of aliphatic hydroxyl groups excluding tert-OH is 4. The summed E-state index contributed by atoms with van der Waals surface area (Å²) in [6.45, 7) is 0. The number of furan rings is 1. The van der Waals surface area contributed by atoms with Crippen molar-refractivity contribution in [2.24, 2.45) is 0 Å². The standard InChI is InChI=1S/C23H24ClNO6S/c24-15-7-6-13(23-22(29)21(28)20(27)17(31-23)4-1-2-8-26)10-14(15)11-19-25-12-18(32-19)16-5-3-9-30-16/h2-3,5-10,12,17,20-23,26-29H,1,4,11H2/t17-,20-,21-,22-,23+/m1/s1. The van der Waals surface area contributed by atoms with Gasteiger partial charge in [0.2, 0.25) is 0 Å². The molecular formula is C23H24ClNO6S. The molecule has 3 heterocycles. The summed E-state index contributed by atoms with van der Waals surface area (Å²) in [6.07, 6.45) is 1.76. The van der Waals surface area contributed by atoms with Crippen LogP contribution in [0, 0.1) is 0 Å². The second kappa shape index (κ2) is 10.2. The van der Waals surface area contributed by atoms with Crippen molar-refractivity contribution in [3.8, 4) is 10.6 Å². The predicted octanol–water partition coefficient (Wildman–Crippen LogP) is 4.02. The van der Waals surface area contributed by atoms with Crippen LogP contribution in [0.15, 0.2) is 59.5 Å². The van der Waals surface area contributed by atoms with Gasteiger partial charge in [-0.05, 0) is 42.2 Å². The summed E-state index contributed by atoms with van der Waals surface area (Å²) in [7, 11) is 0. The normalized spacial score (nSPS) is 26.1. The van der Waals surface area contributed by atoms with Crippen molar-refractivity contribution < 1.29 is 29.6 Å². The van der Waals surface area contributed by atoms with Crippen molar-refractivity contribution in [3.05, 3.63) is 76.3 Å². The zero-order valence-electron chi connectivity index (χ0n) is 17.0. The van der Waals surface area contributed by atoms with Crippen LogP contribution in [-0.2, 0) is 11.2 Å². The minimum absolute atomic E-state index is 0.383. The minimum Gasteiger partial charge on any atom is -0.516 e. The van der Waals surface area contributed by atoms with Gasteiger partial charge in [-0.2, -0.15) is 0 Å². The van der Waals surface area contributed by atoms with Crippen LogP contribution in [0.1, 0.15) is 35.1 Å². The van der Waals surface area contributed by atoms with Crippen molar-refractivity contribution in [1.82, 2.24) is 4.98 Å². The van der Waals surface area contributed by atoms with Crippen LogP contribution in [0.5, 0.6) is 0 Å². The first-order chi connectivity index (χ1) is 15.5. The lowest BCUT2D eigenvalue weighted by Crippen LogP contribution is -2.54. The summed E-state index contributed by atoms with van der Waals surface area (Å²) >= 11 is 7.93. The third kappa shape index (κ3) is 4.91. The van der Waals surface area contributed by atoms with Crippen LogP contribution >= 0.6 is 22.9 Å². The average molecular weight is 478 g/mol. The van der Waals surface area contributed by atoms with Gasteiger partial charge in [0.05, 0.1) is 28.5 Å². The SMILES string of the molecule is OC=CCC[C@H]1O[C@@H](c2ccc(Cl)c(Cc3ncc(-c4ccco4)s3)c2)[C@H](O)[C@H](O)[C@@H]1O. The Hall–Kier alpha value is -2.20. The molecule has 7 nitrogen and oxygen atoms in total. The van der Waals surface area contributed by atoms with Gasteiger partial charge in [-0.3, -0.25) is 0 Å². The first-order valence-corrected chi connectivity index (χ1v) is 11.4. The van der Waals surface area contributed by atoms with E-state index in [-0.39, 0.29) is 0 Å². The minimum atomic E-state index is -1.36. The number of rotatable bonds is 7. The molecule has 1 aliphatic heterocycles. The van der Waals surface area contributed by atoms with Crippen LogP contribution in [0.25, 0.3) is 10.6 Å². The summed E-state index contributed by atoms with van der Waals surface area (Å²) in [6, 6.07) is 9.00. The van der Waals surface area contributed by atoms with Crippen LogP contribution in [0.3, 0.4) is 0 Å². The summed E-state index contributed by atoms with van der Waals surface area (Å²) in [4.78, 5) is 5.38. The van der Waals surface area contributed by atoms with E-state index < -0.39 is 30.5 Å². The number of ether oxygens (including phenoxy) is 1. The van der Waals surface area contributed by atoms with E-state index in [1.165, 1.54) is 17.4 Å². The third-order valence-electron chi connectivity index (χ3n) is 5.49. The van der Waals surface area contributed by atoms with Gasteiger partial charge in [-0.1, -0.05) is 29.8 Å². The molecule has 0 spiro atoms. The van der Waals surface area contributed by atoms with Crippen molar-refractivity contribution >= 4 is 22.9 Å². The first kappa shape index (κ1) is 23.0. The molecule has 9 heteroatoms. The molecule has 1 saturated heterocycles. The van der Waals surface area contributed by atoms with E-state index >= 15 is 0 Å². The molecule has 4 rings (SSSR count). The van der Waals surface area contributed by atoms with Gasteiger partial charge >= 0.3 is 0 Å². The maximum Gasteiger partial charge on any atom is 0.145 e. The average Bonchev–Trinajstić information content (AvgIpc) is 3.48.